The van der Waals surface area contributed by atoms with Crippen molar-refractivity contribution in [1.29, 1.82) is 0 Å². The van der Waals surface area contributed by atoms with Crippen LogP contribution < -0.4 is 4.31 Å². The molecular weight excluding hydrogens is 370 g/mol. The Kier molecular flexibility index (Phi) is 4.75. The molecule has 0 N–H and O–H groups in total. The Labute approximate surface area is 158 Å². The van der Waals surface area contributed by atoms with Crippen molar-refractivity contribution in [3.8, 4) is 0 Å². The van der Waals surface area contributed by atoms with Crippen LogP contribution in [0, 0.1) is 0 Å². The van der Waals surface area contributed by atoms with E-state index in [1.165, 1.54) is 10.6 Å². The van der Waals surface area contributed by atoms with Crippen LogP contribution in [0.1, 0.15) is 55.3 Å². The summed E-state index contributed by atoms with van der Waals surface area (Å²) in [4.78, 5) is 16.6. The van der Waals surface area contributed by atoms with Crippen LogP contribution >= 0.6 is 0 Å². The van der Waals surface area contributed by atoms with Gasteiger partial charge in [-0.1, -0.05) is 25.9 Å². The molecule has 1 aliphatic heterocycles. The standard InChI is InChI=1S/C18H23N3O5S/c1-11-8-13-9-12(6-7-14(13)21(11)27(5,23)24)16(22)25-10-15-19-17(20-26-15)18(2,3)4/h6-7,9,11H,8,10H2,1-5H3. The Morgan fingerprint density at radius 3 is 2.67 bits per heavy atom. The second-order valence-electron chi connectivity index (χ2n) is 7.79. The first kappa shape index (κ1) is 19.3. The monoisotopic (exact) mass is 393 g/mol. The van der Waals surface area contributed by atoms with Crippen LogP contribution in [0.5, 0.6) is 0 Å². The van der Waals surface area contributed by atoms with Crippen LogP contribution in [0.4, 0.5) is 5.69 Å². The van der Waals surface area contributed by atoms with Gasteiger partial charge in [0.05, 0.1) is 17.5 Å². The number of anilines is 1. The quantitative estimate of drug-likeness (QED) is 0.735. The Morgan fingerprint density at radius 2 is 2.07 bits per heavy atom. The Balaban J connectivity index is 1.72. The van der Waals surface area contributed by atoms with Crippen molar-refractivity contribution < 1.29 is 22.5 Å². The number of hydrogen-bond donors (Lipinski definition) is 0. The van der Waals surface area contributed by atoms with Crippen molar-refractivity contribution in [2.45, 2.75) is 52.2 Å². The number of fused-ring (bicyclic) bond motifs is 1. The highest BCUT2D eigenvalue weighted by atomic mass is 32.2. The molecule has 1 aromatic carbocycles. The predicted octanol–water partition coefficient (Wildman–Crippen LogP) is 2.43. The van der Waals surface area contributed by atoms with Crippen LogP contribution in [0.15, 0.2) is 22.7 Å². The van der Waals surface area contributed by atoms with Gasteiger partial charge in [-0.05, 0) is 37.1 Å². The maximum Gasteiger partial charge on any atom is 0.338 e. The highest BCUT2D eigenvalue weighted by Gasteiger charge is 2.33. The zero-order valence-electron chi connectivity index (χ0n) is 16.0. The number of esters is 1. The summed E-state index contributed by atoms with van der Waals surface area (Å²) in [6.45, 7) is 7.59. The van der Waals surface area contributed by atoms with E-state index in [0.717, 1.165) is 5.56 Å². The third-order valence-electron chi connectivity index (χ3n) is 4.29. The third kappa shape index (κ3) is 3.97. The van der Waals surface area contributed by atoms with E-state index < -0.39 is 16.0 Å². The summed E-state index contributed by atoms with van der Waals surface area (Å²) in [5.74, 6) is 0.242. The minimum absolute atomic E-state index is 0.120. The summed E-state index contributed by atoms with van der Waals surface area (Å²) in [5.41, 5.74) is 1.50. The molecule has 0 saturated carbocycles. The molecule has 0 aliphatic carbocycles. The van der Waals surface area contributed by atoms with Gasteiger partial charge in [0.25, 0.3) is 5.89 Å². The molecule has 0 radical (unpaired) electrons. The van der Waals surface area contributed by atoms with Crippen molar-refractivity contribution in [2.75, 3.05) is 10.6 Å². The van der Waals surface area contributed by atoms with Gasteiger partial charge in [0.1, 0.15) is 0 Å². The normalized spacial score (nSPS) is 17.1. The fourth-order valence-electron chi connectivity index (χ4n) is 3.06. The molecule has 1 unspecified atom stereocenters. The summed E-state index contributed by atoms with van der Waals surface area (Å²) in [6.07, 6.45) is 1.72. The summed E-state index contributed by atoms with van der Waals surface area (Å²) >= 11 is 0. The van der Waals surface area contributed by atoms with Crippen molar-refractivity contribution in [2.24, 2.45) is 0 Å². The first-order chi connectivity index (χ1) is 12.5. The average Bonchev–Trinajstić information content (AvgIpc) is 3.14. The predicted molar refractivity (Wildman–Crippen MR) is 99.0 cm³/mol. The number of nitrogens with zero attached hydrogens (tertiary/aromatic N) is 3. The van der Waals surface area contributed by atoms with Gasteiger partial charge in [0, 0.05) is 11.5 Å². The molecule has 8 nitrogen and oxygen atoms in total. The molecule has 0 spiro atoms. The number of carbonyl (C=O) groups is 1. The molecule has 27 heavy (non-hydrogen) atoms. The van der Waals surface area contributed by atoms with Crippen LogP contribution in [0.25, 0.3) is 0 Å². The molecule has 146 valence electrons. The minimum Gasteiger partial charge on any atom is -0.452 e. The van der Waals surface area contributed by atoms with E-state index >= 15 is 0 Å². The number of hydrogen-bond acceptors (Lipinski definition) is 7. The number of benzene rings is 1. The lowest BCUT2D eigenvalue weighted by molar-refractivity contribution is 0.0429. The molecule has 0 saturated heterocycles. The minimum atomic E-state index is -3.36. The molecule has 2 heterocycles. The molecule has 1 aliphatic rings. The summed E-state index contributed by atoms with van der Waals surface area (Å²) in [5, 5.41) is 3.89. The lowest BCUT2D eigenvalue weighted by atomic mass is 9.96. The second-order valence-corrected chi connectivity index (χ2v) is 9.65. The molecule has 1 atom stereocenters. The van der Waals surface area contributed by atoms with Gasteiger partial charge in [-0.25, -0.2) is 13.2 Å². The van der Waals surface area contributed by atoms with Gasteiger partial charge in [0.15, 0.2) is 12.4 Å². The zero-order valence-corrected chi connectivity index (χ0v) is 16.8. The van der Waals surface area contributed by atoms with Gasteiger partial charge in [-0.3, -0.25) is 4.31 Å². The van der Waals surface area contributed by atoms with Gasteiger partial charge < -0.3 is 9.26 Å². The maximum atomic E-state index is 12.3. The second kappa shape index (κ2) is 6.63. The van der Waals surface area contributed by atoms with Gasteiger partial charge in [0.2, 0.25) is 10.0 Å². The number of sulfonamides is 1. The average molecular weight is 393 g/mol. The van der Waals surface area contributed by atoms with Crippen LogP contribution in [0.2, 0.25) is 0 Å². The lowest BCUT2D eigenvalue weighted by Gasteiger charge is -2.21. The van der Waals surface area contributed by atoms with Crippen LogP contribution in [0.3, 0.4) is 0 Å². The first-order valence-corrected chi connectivity index (χ1v) is 10.4. The summed E-state index contributed by atoms with van der Waals surface area (Å²) < 4.78 is 35.7. The van der Waals surface area contributed by atoms with E-state index in [-0.39, 0.29) is 24.0 Å². The molecule has 0 amide bonds. The Bertz CT molecular complexity index is 975. The van der Waals surface area contributed by atoms with E-state index in [1.807, 2.05) is 27.7 Å². The molecule has 2 aromatic rings. The number of aromatic nitrogens is 2. The fourth-order valence-corrected chi connectivity index (χ4v) is 4.33. The van der Waals surface area contributed by atoms with E-state index in [4.69, 9.17) is 9.26 Å². The van der Waals surface area contributed by atoms with E-state index in [1.54, 1.807) is 18.2 Å². The SMILES string of the molecule is CC1Cc2cc(C(=O)OCc3nc(C(C)(C)C)no3)ccc2N1S(C)(=O)=O. The lowest BCUT2D eigenvalue weighted by Crippen LogP contribution is -2.34. The molecule has 0 fully saturated rings. The van der Waals surface area contributed by atoms with Gasteiger partial charge in [-0.2, -0.15) is 4.98 Å². The number of ether oxygens (including phenoxy) is 1. The van der Waals surface area contributed by atoms with Crippen molar-refractivity contribution in [3.63, 3.8) is 0 Å². The summed E-state index contributed by atoms with van der Waals surface area (Å²) in [6, 6.07) is 4.69. The molecule has 0 bridgehead atoms. The molecule has 9 heteroatoms. The fraction of sp³-hybridized carbons (Fsp3) is 0.500. The number of rotatable bonds is 4. The molecular formula is C18H23N3O5S. The Hall–Kier alpha value is -2.42. The zero-order chi connectivity index (χ0) is 20.0. The van der Waals surface area contributed by atoms with Crippen LogP contribution in [-0.2, 0) is 33.2 Å². The highest BCUT2D eigenvalue weighted by Crippen LogP contribution is 2.34. The Morgan fingerprint density at radius 1 is 1.37 bits per heavy atom. The maximum absolute atomic E-state index is 12.3. The van der Waals surface area contributed by atoms with E-state index in [2.05, 4.69) is 10.1 Å². The third-order valence-corrected chi connectivity index (χ3v) is 5.56. The first-order valence-electron chi connectivity index (χ1n) is 8.59. The van der Waals surface area contributed by atoms with Crippen molar-refractivity contribution in [3.05, 3.63) is 41.0 Å². The van der Waals surface area contributed by atoms with E-state index in [9.17, 15) is 13.2 Å². The summed E-state index contributed by atoms with van der Waals surface area (Å²) in [7, 11) is -3.36. The number of carbonyl (C=O) groups excluding carboxylic acids is 1. The smallest absolute Gasteiger partial charge is 0.338 e. The van der Waals surface area contributed by atoms with E-state index in [0.29, 0.717) is 23.5 Å². The molecule has 1 aromatic heterocycles. The van der Waals surface area contributed by atoms with Gasteiger partial charge in [-0.15, -0.1) is 0 Å². The highest BCUT2D eigenvalue weighted by molar-refractivity contribution is 7.92. The van der Waals surface area contributed by atoms with Crippen molar-refractivity contribution in [1.82, 2.24) is 10.1 Å². The van der Waals surface area contributed by atoms with Gasteiger partial charge >= 0.3 is 5.97 Å². The topological polar surface area (TPSA) is 103 Å². The largest absolute Gasteiger partial charge is 0.452 e. The van der Waals surface area contributed by atoms with Crippen molar-refractivity contribution >= 4 is 21.7 Å². The molecule has 3 rings (SSSR count). The van der Waals surface area contributed by atoms with Crippen LogP contribution in [-0.4, -0.2) is 36.8 Å².